The van der Waals surface area contributed by atoms with Crippen LogP contribution < -0.4 is 0 Å². The minimum Gasteiger partial charge on any atom is -0.256 e. The van der Waals surface area contributed by atoms with Gasteiger partial charge in [-0.25, -0.2) is 15.0 Å². The summed E-state index contributed by atoms with van der Waals surface area (Å²) in [5.41, 5.74) is 13.1. The number of benzene rings is 5. The molecule has 0 atom stereocenters. The minimum atomic E-state index is 0.921. The first kappa shape index (κ1) is 28.2. The van der Waals surface area contributed by atoms with E-state index in [1.54, 1.807) is 0 Å². The van der Waals surface area contributed by atoms with Crippen molar-refractivity contribution in [1.82, 2.24) is 24.9 Å². The predicted octanol–water partition coefficient (Wildman–Crippen LogP) is 11.1. The molecule has 0 fully saturated rings. The van der Waals surface area contributed by atoms with E-state index in [2.05, 4.69) is 149 Å². The van der Waals surface area contributed by atoms with Crippen LogP contribution in [0.15, 0.2) is 164 Å². The monoisotopic (exact) mass is 637 g/mol. The van der Waals surface area contributed by atoms with Crippen LogP contribution in [0.2, 0.25) is 0 Å². The highest BCUT2D eigenvalue weighted by atomic mass is 14.8. The Kier molecular flexibility index (Phi) is 6.42. The molecule has 5 aromatic heterocycles. The average Bonchev–Trinajstić information content (AvgIpc) is 3.19. The van der Waals surface area contributed by atoms with Crippen LogP contribution in [0.1, 0.15) is 0 Å². The van der Waals surface area contributed by atoms with Crippen LogP contribution in [0.4, 0.5) is 0 Å². The Labute approximate surface area is 287 Å². The van der Waals surface area contributed by atoms with Crippen molar-refractivity contribution in [3.63, 3.8) is 0 Å². The molecule has 0 bridgehead atoms. The van der Waals surface area contributed by atoms with Gasteiger partial charge in [0.15, 0.2) is 0 Å². The van der Waals surface area contributed by atoms with Gasteiger partial charge in [-0.15, -0.1) is 0 Å². The summed E-state index contributed by atoms with van der Waals surface area (Å²) in [6, 6.07) is 52.7. The number of hydrogen-bond donors (Lipinski definition) is 0. The van der Waals surface area contributed by atoms with Gasteiger partial charge in [-0.2, -0.15) is 0 Å². The molecule has 10 aromatic rings. The summed E-state index contributed by atoms with van der Waals surface area (Å²) in [5.74, 6) is 0. The molecule has 0 N–H and O–H groups in total. The molecule has 0 radical (unpaired) electrons. The van der Waals surface area contributed by atoms with Crippen molar-refractivity contribution in [2.75, 3.05) is 0 Å². The van der Waals surface area contributed by atoms with E-state index in [-0.39, 0.29) is 0 Å². The summed E-state index contributed by atoms with van der Waals surface area (Å²) >= 11 is 0. The maximum absolute atomic E-state index is 5.03. The van der Waals surface area contributed by atoms with E-state index in [0.29, 0.717) is 0 Å². The third-order valence-corrected chi connectivity index (χ3v) is 9.52. The lowest BCUT2D eigenvalue weighted by atomic mass is 10.00. The maximum Gasteiger partial charge on any atom is 0.0972 e. The summed E-state index contributed by atoms with van der Waals surface area (Å²) in [6.45, 7) is 0. The lowest BCUT2D eigenvalue weighted by Crippen LogP contribution is -1.90. The zero-order chi connectivity index (χ0) is 33.0. The van der Waals surface area contributed by atoms with E-state index < -0.39 is 0 Å². The highest BCUT2D eigenvalue weighted by Crippen LogP contribution is 2.31. The Bertz CT molecular complexity index is 2930. The molecule has 0 aliphatic heterocycles. The highest BCUT2D eigenvalue weighted by Gasteiger charge is 2.10. The molecule has 50 heavy (non-hydrogen) atoms. The molecule has 232 valence electrons. The molecule has 5 heterocycles. The van der Waals surface area contributed by atoms with Crippen molar-refractivity contribution < 1.29 is 0 Å². The van der Waals surface area contributed by atoms with Crippen LogP contribution in [0.3, 0.4) is 0 Å². The highest BCUT2D eigenvalue weighted by molar-refractivity contribution is 6.03. The molecule has 0 spiro atoms. The Hall–Kier alpha value is -6.85. The average molecular weight is 638 g/mol. The van der Waals surface area contributed by atoms with Crippen LogP contribution in [-0.4, -0.2) is 24.9 Å². The number of rotatable bonds is 4. The quantitative estimate of drug-likeness (QED) is 0.180. The third kappa shape index (κ3) is 4.92. The smallest absolute Gasteiger partial charge is 0.0972 e. The van der Waals surface area contributed by atoms with Crippen LogP contribution in [0, 0.1) is 0 Å². The van der Waals surface area contributed by atoms with Gasteiger partial charge in [-0.05, 0) is 77.9 Å². The summed E-state index contributed by atoms with van der Waals surface area (Å²) < 4.78 is 0. The third-order valence-electron chi connectivity index (χ3n) is 9.52. The molecule has 0 amide bonds. The molecule has 5 nitrogen and oxygen atoms in total. The summed E-state index contributed by atoms with van der Waals surface area (Å²) in [5, 5.41) is 5.49. The Morgan fingerprint density at radius 1 is 0.280 bits per heavy atom. The first-order valence-corrected chi connectivity index (χ1v) is 16.6. The second kappa shape index (κ2) is 11.4. The van der Waals surface area contributed by atoms with Crippen LogP contribution in [-0.2, 0) is 0 Å². The molecular weight excluding hydrogens is 611 g/mol. The standard InChI is InChI=1S/C45H27N5/c1-3-30-9-10-31-11-18-40(50-45(31)44(30)47-24-1)29-7-5-28(6-8-29)39-21-15-35-25-32(12-19-41(35)48-39)33-13-20-42-36(26-33)16-22-43(49-42)37-14-17-38-34(27-37)4-2-23-46-38/h1-27H. The number of pyridine rings is 5. The lowest BCUT2D eigenvalue weighted by Gasteiger charge is -2.09. The van der Waals surface area contributed by atoms with Crippen LogP contribution in [0.5, 0.6) is 0 Å². The normalized spacial score (nSPS) is 11.6. The minimum absolute atomic E-state index is 0.921. The van der Waals surface area contributed by atoms with E-state index >= 15 is 0 Å². The molecule has 5 heteroatoms. The second-order valence-corrected chi connectivity index (χ2v) is 12.6. The van der Waals surface area contributed by atoms with Gasteiger partial charge in [-0.1, -0.05) is 84.9 Å². The number of fused-ring (bicyclic) bond motifs is 6. The molecule has 0 aliphatic carbocycles. The Morgan fingerprint density at radius 2 is 0.720 bits per heavy atom. The van der Waals surface area contributed by atoms with Gasteiger partial charge in [-0.3, -0.25) is 9.97 Å². The first-order valence-electron chi connectivity index (χ1n) is 16.6. The Morgan fingerprint density at radius 3 is 1.40 bits per heavy atom. The van der Waals surface area contributed by atoms with E-state index in [1.165, 1.54) is 0 Å². The summed E-state index contributed by atoms with van der Waals surface area (Å²) in [6.07, 6.45) is 3.65. The molecule has 10 rings (SSSR count). The molecule has 0 saturated carbocycles. The molecule has 5 aromatic carbocycles. The molecule has 0 unspecified atom stereocenters. The van der Waals surface area contributed by atoms with Crippen molar-refractivity contribution in [3.05, 3.63) is 164 Å². The first-order chi connectivity index (χ1) is 24.7. The van der Waals surface area contributed by atoms with E-state index in [9.17, 15) is 0 Å². The molecule has 0 saturated heterocycles. The lowest BCUT2D eigenvalue weighted by molar-refractivity contribution is 1.36. The van der Waals surface area contributed by atoms with Crippen molar-refractivity contribution in [2.45, 2.75) is 0 Å². The van der Waals surface area contributed by atoms with Gasteiger partial charge in [0.2, 0.25) is 0 Å². The largest absolute Gasteiger partial charge is 0.256 e. The number of hydrogen-bond acceptors (Lipinski definition) is 5. The number of nitrogens with zero attached hydrogens (tertiary/aromatic N) is 5. The fraction of sp³-hybridized carbons (Fsp3) is 0. The van der Waals surface area contributed by atoms with Crippen molar-refractivity contribution >= 4 is 54.5 Å². The SMILES string of the molecule is c1cnc2ccc(-c3ccc4cc(-c5ccc6nc(-c7ccc(-c8ccc9ccc%10cccnc%10c9n8)cc7)ccc6c5)ccc4n3)cc2c1. The maximum atomic E-state index is 5.03. The van der Waals surface area contributed by atoms with Gasteiger partial charge in [0.25, 0.3) is 0 Å². The van der Waals surface area contributed by atoms with Gasteiger partial charge < -0.3 is 0 Å². The van der Waals surface area contributed by atoms with E-state index in [4.69, 9.17) is 15.0 Å². The van der Waals surface area contributed by atoms with Crippen LogP contribution >= 0.6 is 0 Å². The van der Waals surface area contributed by atoms with Crippen molar-refractivity contribution in [3.8, 4) is 44.9 Å². The zero-order valence-electron chi connectivity index (χ0n) is 26.8. The number of aromatic nitrogens is 5. The van der Waals surface area contributed by atoms with Gasteiger partial charge in [0.05, 0.1) is 44.7 Å². The zero-order valence-corrected chi connectivity index (χ0v) is 26.8. The van der Waals surface area contributed by atoms with Crippen molar-refractivity contribution in [2.24, 2.45) is 0 Å². The molecular formula is C45H27N5. The summed E-state index contributed by atoms with van der Waals surface area (Å²) in [7, 11) is 0. The predicted molar refractivity (Wildman–Crippen MR) is 205 cm³/mol. The van der Waals surface area contributed by atoms with Crippen LogP contribution in [0.25, 0.3) is 99.4 Å². The Balaban J connectivity index is 0.916. The second-order valence-electron chi connectivity index (χ2n) is 12.6. The fourth-order valence-electron chi connectivity index (χ4n) is 6.86. The van der Waals surface area contributed by atoms with Crippen molar-refractivity contribution in [1.29, 1.82) is 0 Å². The van der Waals surface area contributed by atoms with E-state index in [0.717, 1.165) is 99.4 Å². The van der Waals surface area contributed by atoms with E-state index in [1.807, 2.05) is 24.5 Å². The van der Waals surface area contributed by atoms with Gasteiger partial charge >= 0.3 is 0 Å². The van der Waals surface area contributed by atoms with Gasteiger partial charge in [0.1, 0.15) is 0 Å². The molecule has 0 aliphatic rings. The topological polar surface area (TPSA) is 64.5 Å². The fourth-order valence-corrected chi connectivity index (χ4v) is 6.86. The van der Waals surface area contributed by atoms with Gasteiger partial charge in [0, 0.05) is 56.0 Å². The summed E-state index contributed by atoms with van der Waals surface area (Å²) in [4.78, 5) is 24.1.